The van der Waals surface area contributed by atoms with E-state index in [0.717, 1.165) is 42.6 Å². The van der Waals surface area contributed by atoms with Crippen molar-refractivity contribution in [2.24, 2.45) is 5.73 Å². The third kappa shape index (κ3) is 4.46. The van der Waals surface area contributed by atoms with Gasteiger partial charge in [0.15, 0.2) is 0 Å². The molecular weight excluding hydrogens is 430 g/mol. The third-order valence-corrected chi connectivity index (χ3v) is 6.94. The molecule has 4 N–H and O–H groups in total. The van der Waals surface area contributed by atoms with E-state index in [1.54, 1.807) is 6.07 Å². The van der Waals surface area contributed by atoms with Crippen LogP contribution in [0.3, 0.4) is 0 Å². The van der Waals surface area contributed by atoms with Crippen LogP contribution in [0, 0.1) is 6.92 Å². The monoisotopic (exact) mass is 465 g/mol. The highest BCUT2D eigenvalue weighted by molar-refractivity contribution is 6.00. The van der Waals surface area contributed by atoms with Gasteiger partial charge in [0.1, 0.15) is 0 Å². The zero-order valence-electron chi connectivity index (χ0n) is 20.5. The van der Waals surface area contributed by atoms with Gasteiger partial charge in [0.05, 0.1) is 34.3 Å². The van der Waals surface area contributed by atoms with Crippen LogP contribution in [0.2, 0.25) is 0 Å². The van der Waals surface area contributed by atoms with E-state index in [9.17, 15) is 14.7 Å². The topological polar surface area (TPSA) is 113 Å². The molecule has 2 aliphatic rings. The third-order valence-electron chi connectivity index (χ3n) is 6.94. The second-order valence-corrected chi connectivity index (χ2v) is 10.4. The minimum Gasteiger partial charge on any atom is -0.393 e. The molecule has 1 aromatic carbocycles. The van der Waals surface area contributed by atoms with Crippen LogP contribution in [0.5, 0.6) is 0 Å². The number of primary amides is 1. The number of benzene rings is 1. The predicted octanol–water partition coefficient (Wildman–Crippen LogP) is 3.35. The molecule has 0 spiro atoms. The van der Waals surface area contributed by atoms with Gasteiger partial charge < -0.3 is 21.1 Å². The van der Waals surface area contributed by atoms with Crippen LogP contribution >= 0.6 is 0 Å². The van der Waals surface area contributed by atoms with E-state index in [0.29, 0.717) is 35.5 Å². The van der Waals surface area contributed by atoms with Crippen molar-refractivity contribution < 1.29 is 14.7 Å². The summed E-state index contributed by atoms with van der Waals surface area (Å²) in [5.74, 6) is -0.541. The Hall–Kier alpha value is -3.13. The van der Waals surface area contributed by atoms with Crippen molar-refractivity contribution in [2.45, 2.75) is 77.5 Å². The molecule has 1 aromatic heterocycles. The number of nitrogens with one attached hydrogen (secondary N) is 1. The molecule has 8 nitrogen and oxygen atoms in total. The van der Waals surface area contributed by atoms with Gasteiger partial charge in [-0.25, -0.2) is 4.68 Å². The van der Waals surface area contributed by atoms with E-state index in [2.05, 4.69) is 25.7 Å². The minimum atomic E-state index is -0.504. The van der Waals surface area contributed by atoms with Gasteiger partial charge >= 0.3 is 0 Å². The molecule has 2 amide bonds. The molecule has 1 aliphatic heterocycles. The lowest BCUT2D eigenvalue weighted by atomic mass is 9.87. The van der Waals surface area contributed by atoms with Gasteiger partial charge in [0.2, 0.25) is 0 Å². The first-order chi connectivity index (χ1) is 16.0. The van der Waals surface area contributed by atoms with E-state index in [-0.39, 0.29) is 18.1 Å². The van der Waals surface area contributed by atoms with E-state index >= 15 is 0 Å². The molecule has 1 saturated carbocycles. The summed E-state index contributed by atoms with van der Waals surface area (Å²) in [7, 11) is 0. The normalized spacial score (nSPS) is 21.8. The highest BCUT2D eigenvalue weighted by Gasteiger charge is 2.41. The summed E-state index contributed by atoms with van der Waals surface area (Å²) < 4.78 is 1.82. The summed E-state index contributed by atoms with van der Waals surface area (Å²) in [5, 5.41) is 18.0. The molecule has 0 saturated heterocycles. The van der Waals surface area contributed by atoms with E-state index < -0.39 is 11.4 Å². The Labute approximate surface area is 200 Å². The quantitative estimate of drug-likeness (QED) is 0.566. The maximum atomic E-state index is 13.5. The number of nitrogens with two attached hydrogens (primary N) is 1. The highest BCUT2D eigenvalue weighted by Crippen LogP contribution is 2.35. The molecule has 34 heavy (non-hydrogen) atoms. The first-order valence-corrected chi connectivity index (χ1v) is 11.9. The van der Waals surface area contributed by atoms with Crippen LogP contribution in [-0.4, -0.2) is 55.8 Å². The largest absolute Gasteiger partial charge is 0.393 e. The Morgan fingerprint density at radius 1 is 1.29 bits per heavy atom. The van der Waals surface area contributed by atoms with E-state index in [1.807, 2.05) is 35.6 Å². The Morgan fingerprint density at radius 3 is 2.59 bits per heavy atom. The zero-order chi connectivity index (χ0) is 24.8. The fourth-order valence-corrected chi connectivity index (χ4v) is 5.14. The lowest BCUT2D eigenvalue weighted by molar-refractivity contribution is 0.0534. The van der Waals surface area contributed by atoms with E-state index in [4.69, 9.17) is 10.8 Å². The van der Waals surface area contributed by atoms with Gasteiger partial charge in [-0.3, -0.25) is 9.59 Å². The molecule has 0 atom stereocenters. The summed E-state index contributed by atoms with van der Waals surface area (Å²) in [5.41, 5.74) is 10.2. The van der Waals surface area contributed by atoms with Gasteiger partial charge in [0, 0.05) is 30.2 Å². The van der Waals surface area contributed by atoms with Crippen molar-refractivity contribution in [1.29, 1.82) is 0 Å². The van der Waals surface area contributed by atoms with Gasteiger partial charge in [0.25, 0.3) is 11.8 Å². The zero-order valence-corrected chi connectivity index (χ0v) is 20.5. The summed E-state index contributed by atoms with van der Waals surface area (Å²) >= 11 is 0. The molecular formula is C26H35N5O3. The Balaban J connectivity index is 1.74. The number of anilines is 1. The van der Waals surface area contributed by atoms with Crippen molar-refractivity contribution in [3.8, 4) is 5.69 Å². The Morgan fingerprint density at radius 2 is 1.97 bits per heavy atom. The average molecular weight is 466 g/mol. The molecule has 2 heterocycles. The SMILES string of the molecule is C=C(C)CN1C(=O)c2c(C)nn(-c3ccc(C(N)=O)c(NC4CCC(O)CC4)c3)c2CC1(C)C. The van der Waals surface area contributed by atoms with Crippen LogP contribution < -0.4 is 11.1 Å². The Kier molecular flexibility index (Phi) is 6.29. The number of amides is 2. The number of nitrogens with zero attached hydrogens (tertiary/aromatic N) is 3. The minimum absolute atomic E-state index is 0.0362. The standard InChI is InChI=1S/C26H35N5O3/c1-15(2)14-30-25(34)23-16(3)29-31(22(23)13-26(30,4)5)18-8-11-20(24(27)33)21(12-18)28-17-6-9-19(32)10-7-17/h8,11-12,17,19,28,32H,1,6-7,9-10,13-14H2,2-5H3,(H2,27,33). The number of aromatic nitrogens is 2. The first-order valence-electron chi connectivity index (χ1n) is 11.9. The predicted molar refractivity (Wildman–Crippen MR) is 132 cm³/mol. The summed E-state index contributed by atoms with van der Waals surface area (Å²) in [6.45, 7) is 12.4. The maximum absolute atomic E-state index is 13.5. The van der Waals surface area contributed by atoms with Crippen molar-refractivity contribution >= 4 is 17.5 Å². The molecule has 0 radical (unpaired) electrons. The van der Waals surface area contributed by atoms with Crippen molar-refractivity contribution in [1.82, 2.24) is 14.7 Å². The lowest BCUT2D eigenvalue weighted by Gasteiger charge is -2.42. The van der Waals surface area contributed by atoms with Gasteiger partial charge in [-0.05, 0) is 71.6 Å². The van der Waals surface area contributed by atoms with Crippen molar-refractivity contribution in [3.05, 3.63) is 52.9 Å². The van der Waals surface area contributed by atoms with Gasteiger partial charge in [-0.15, -0.1) is 0 Å². The smallest absolute Gasteiger partial charge is 0.258 e. The lowest BCUT2D eigenvalue weighted by Crippen LogP contribution is -2.53. The number of aryl methyl sites for hydroxylation is 1. The number of carbonyl (C=O) groups is 2. The second-order valence-electron chi connectivity index (χ2n) is 10.4. The fourth-order valence-electron chi connectivity index (χ4n) is 5.14. The van der Waals surface area contributed by atoms with Crippen LogP contribution in [0.4, 0.5) is 5.69 Å². The molecule has 182 valence electrons. The number of fused-ring (bicyclic) bond motifs is 1. The number of carbonyl (C=O) groups excluding carboxylic acids is 2. The molecule has 0 bridgehead atoms. The molecule has 1 aliphatic carbocycles. The van der Waals surface area contributed by atoms with Crippen LogP contribution in [-0.2, 0) is 6.42 Å². The number of hydrogen-bond acceptors (Lipinski definition) is 5. The number of hydrogen-bond donors (Lipinski definition) is 3. The molecule has 4 rings (SSSR count). The van der Waals surface area contributed by atoms with Crippen LogP contribution in [0.1, 0.15) is 78.6 Å². The molecule has 1 fully saturated rings. The molecule has 2 aromatic rings. The highest BCUT2D eigenvalue weighted by atomic mass is 16.3. The number of aliphatic hydroxyl groups excluding tert-OH is 1. The van der Waals surface area contributed by atoms with Crippen molar-refractivity contribution in [3.63, 3.8) is 0 Å². The van der Waals surface area contributed by atoms with Crippen LogP contribution in [0.15, 0.2) is 30.4 Å². The number of rotatable bonds is 6. The Bertz CT molecular complexity index is 1140. The number of aliphatic hydroxyl groups is 1. The summed E-state index contributed by atoms with van der Waals surface area (Å²) in [6.07, 6.45) is 3.48. The molecule has 8 heteroatoms. The fraction of sp³-hybridized carbons (Fsp3) is 0.500. The van der Waals surface area contributed by atoms with Crippen LogP contribution in [0.25, 0.3) is 5.69 Å². The van der Waals surface area contributed by atoms with E-state index in [1.165, 1.54) is 0 Å². The first kappa shape index (κ1) is 24.0. The van der Waals surface area contributed by atoms with Gasteiger partial charge in [-0.2, -0.15) is 5.10 Å². The molecule has 0 unspecified atom stereocenters. The summed E-state index contributed by atoms with van der Waals surface area (Å²) in [6, 6.07) is 5.57. The second kappa shape index (κ2) is 8.91. The van der Waals surface area contributed by atoms with Gasteiger partial charge in [-0.1, -0.05) is 12.2 Å². The average Bonchev–Trinajstić information content (AvgIpc) is 3.07. The maximum Gasteiger partial charge on any atom is 0.258 e. The summed E-state index contributed by atoms with van der Waals surface area (Å²) in [4.78, 5) is 27.5. The van der Waals surface area contributed by atoms with Crippen molar-refractivity contribution in [2.75, 3.05) is 11.9 Å².